The molecule has 0 atom stereocenters. The highest BCUT2D eigenvalue weighted by Crippen LogP contribution is 2.36. The zero-order valence-electron chi connectivity index (χ0n) is 15.3. The topological polar surface area (TPSA) is 156 Å². The van der Waals surface area contributed by atoms with E-state index in [0.717, 1.165) is 12.8 Å². The Balaban J connectivity index is 0.000000462. The van der Waals surface area contributed by atoms with Crippen LogP contribution in [0.3, 0.4) is 0 Å². The summed E-state index contributed by atoms with van der Waals surface area (Å²) in [6.45, 7) is 8.77. The van der Waals surface area contributed by atoms with Crippen molar-refractivity contribution in [3.63, 3.8) is 0 Å². The van der Waals surface area contributed by atoms with E-state index < -0.39 is 36.4 Å². The number of nitrogens with zero attached hydrogens (tertiary/aromatic N) is 1. The van der Waals surface area contributed by atoms with Crippen LogP contribution in [0, 0.1) is 0 Å². The minimum absolute atomic E-state index is 0.126. The fraction of sp³-hybridized carbons (Fsp3) is 0.812. The number of carboxylic acid groups (broad SMARTS) is 3. The fourth-order valence-corrected chi connectivity index (χ4v) is 3.03. The van der Waals surface area contributed by atoms with Crippen molar-refractivity contribution >= 4 is 17.9 Å². The second kappa shape index (κ2) is 8.11. The van der Waals surface area contributed by atoms with Gasteiger partial charge in [-0.05, 0) is 47.6 Å². The number of aliphatic hydroxyl groups is 2. The van der Waals surface area contributed by atoms with Gasteiger partial charge >= 0.3 is 17.9 Å². The number of carboxylic acids is 3. The van der Waals surface area contributed by atoms with Crippen LogP contribution in [-0.4, -0.2) is 78.2 Å². The van der Waals surface area contributed by atoms with Gasteiger partial charge in [0.25, 0.3) is 0 Å². The lowest BCUT2D eigenvalue weighted by Gasteiger charge is -2.52. The van der Waals surface area contributed by atoms with Gasteiger partial charge in [-0.2, -0.15) is 0 Å². The van der Waals surface area contributed by atoms with Crippen LogP contribution in [0.5, 0.6) is 0 Å². The molecule has 0 amide bonds. The fourth-order valence-electron chi connectivity index (χ4n) is 3.03. The maximum atomic E-state index is 10.3. The number of carbonyl (C=O) groups is 3. The first-order valence-corrected chi connectivity index (χ1v) is 7.85. The Bertz CT molecular complexity index is 480. The summed E-state index contributed by atoms with van der Waals surface area (Å²) in [6, 6.07) is 0. The normalized spacial score (nSPS) is 20.3. The highest BCUT2D eigenvalue weighted by Gasteiger charge is 2.42. The van der Waals surface area contributed by atoms with Crippen molar-refractivity contribution in [3.05, 3.63) is 0 Å². The molecule has 0 radical (unpaired) electrons. The van der Waals surface area contributed by atoms with Crippen molar-refractivity contribution in [1.82, 2.24) is 4.90 Å². The third kappa shape index (κ3) is 6.97. The summed E-state index contributed by atoms with van der Waals surface area (Å²) in [6.07, 6.45) is -0.658. The Hall–Kier alpha value is -1.71. The Morgan fingerprint density at radius 3 is 1.52 bits per heavy atom. The number of piperidine rings is 1. The van der Waals surface area contributed by atoms with Crippen LogP contribution in [0.1, 0.15) is 53.4 Å². The van der Waals surface area contributed by atoms with Crippen molar-refractivity contribution < 1.29 is 39.9 Å². The lowest BCUT2D eigenvalue weighted by molar-refractivity contribution is -0.170. The molecule has 1 aliphatic heterocycles. The molecule has 0 spiro atoms. The summed E-state index contributed by atoms with van der Waals surface area (Å²) in [7, 11) is 2.14. The molecule has 0 aromatic carbocycles. The summed E-state index contributed by atoms with van der Waals surface area (Å²) >= 11 is 0. The van der Waals surface area contributed by atoms with Crippen LogP contribution >= 0.6 is 0 Å². The van der Waals surface area contributed by atoms with Crippen molar-refractivity contribution in [2.45, 2.75) is 76.2 Å². The molecule has 0 aliphatic carbocycles. The molecule has 9 nitrogen and oxygen atoms in total. The summed E-state index contributed by atoms with van der Waals surface area (Å²) in [5, 5.41) is 43.5. The minimum atomic E-state index is -2.74. The molecular weight excluding hydrogens is 334 g/mol. The third-order valence-electron chi connectivity index (χ3n) is 4.57. The van der Waals surface area contributed by atoms with Crippen molar-refractivity contribution in [2.24, 2.45) is 0 Å². The molecule has 1 saturated heterocycles. The molecule has 0 bridgehead atoms. The van der Waals surface area contributed by atoms with Gasteiger partial charge in [0.1, 0.15) is 0 Å². The van der Waals surface area contributed by atoms with E-state index in [1.54, 1.807) is 0 Å². The molecule has 1 aliphatic rings. The van der Waals surface area contributed by atoms with Gasteiger partial charge in [0.05, 0.1) is 18.9 Å². The Morgan fingerprint density at radius 2 is 1.28 bits per heavy atom. The predicted molar refractivity (Wildman–Crippen MR) is 88.3 cm³/mol. The zero-order chi connectivity index (χ0) is 20.2. The monoisotopic (exact) mass is 363 g/mol. The van der Waals surface area contributed by atoms with E-state index in [9.17, 15) is 19.5 Å². The lowest BCUT2D eigenvalue weighted by Crippen LogP contribution is -2.59. The summed E-state index contributed by atoms with van der Waals surface area (Å²) in [4.78, 5) is 32.9. The Kier molecular flexibility index (Phi) is 7.56. The number of rotatable bonds is 5. The van der Waals surface area contributed by atoms with Gasteiger partial charge < -0.3 is 25.5 Å². The first-order chi connectivity index (χ1) is 11.0. The number of hydrogen-bond donors (Lipinski definition) is 5. The maximum absolute atomic E-state index is 10.3. The summed E-state index contributed by atoms with van der Waals surface area (Å²) in [5.41, 5.74) is -2.49. The van der Waals surface area contributed by atoms with E-state index >= 15 is 0 Å². The SMILES string of the molecule is CN1C(C)(C)CC(O)CC1(C)C.O=C(O)CC(O)(CC(=O)O)C(=O)O. The number of likely N-dealkylation sites (tertiary alicyclic amines) is 1. The largest absolute Gasteiger partial charge is 0.481 e. The van der Waals surface area contributed by atoms with Gasteiger partial charge in [-0.3, -0.25) is 14.5 Å². The third-order valence-corrected chi connectivity index (χ3v) is 4.57. The summed E-state index contributed by atoms with van der Waals surface area (Å²) in [5.74, 6) is -5.02. The van der Waals surface area contributed by atoms with Crippen LogP contribution < -0.4 is 0 Å². The molecular formula is C16H29NO8. The smallest absolute Gasteiger partial charge is 0.336 e. The molecule has 5 N–H and O–H groups in total. The quantitative estimate of drug-likeness (QED) is 0.466. The van der Waals surface area contributed by atoms with Crippen LogP contribution in [-0.2, 0) is 14.4 Å². The van der Waals surface area contributed by atoms with Gasteiger partial charge in [0.15, 0.2) is 5.60 Å². The van der Waals surface area contributed by atoms with Crippen LogP contribution in [0.2, 0.25) is 0 Å². The van der Waals surface area contributed by atoms with E-state index in [4.69, 9.17) is 20.4 Å². The first-order valence-electron chi connectivity index (χ1n) is 7.85. The van der Waals surface area contributed by atoms with E-state index in [1.807, 2.05) is 0 Å². The van der Waals surface area contributed by atoms with Gasteiger partial charge in [0, 0.05) is 11.1 Å². The molecule has 0 saturated carbocycles. The van der Waals surface area contributed by atoms with Crippen molar-refractivity contribution in [2.75, 3.05) is 7.05 Å². The molecule has 0 aromatic heterocycles. The van der Waals surface area contributed by atoms with E-state index in [0.29, 0.717) is 0 Å². The van der Waals surface area contributed by atoms with E-state index in [2.05, 4.69) is 39.6 Å². The van der Waals surface area contributed by atoms with Crippen molar-refractivity contribution in [3.8, 4) is 0 Å². The average Bonchev–Trinajstić information content (AvgIpc) is 2.33. The first kappa shape index (κ1) is 23.3. The maximum Gasteiger partial charge on any atom is 0.336 e. The molecule has 25 heavy (non-hydrogen) atoms. The molecule has 9 heteroatoms. The number of aliphatic carboxylic acids is 3. The van der Waals surface area contributed by atoms with Crippen LogP contribution in [0.15, 0.2) is 0 Å². The Morgan fingerprint density at radius 1 is 0.960 bits per heavy atom. The van der Waals surface area contributed by atoms with Gasteiger partial charge in [-0.25, -0.2) is 4.79 Å². The molecule has 1 fully saturated rings. The second-order valence-corrected chi connectivity index (χ2v) is 7.72. The van der Waals surface area contributed by atoms with Crippen molar-refractivity contribution in [1.29, 1.82) is 0 Å². The lowest BCUT2D eigenvalue weighted by atomic mass is 9.79. The van der Waals surface area contributed by atoms with Crippen LogP contribution in [0.25, 0.3) is 0 Å². The highest BCUT2D eigenvalue weighted by atomic mass is 16.4. The molecule has 0 aromatic rings. The zero-order valence-corrected chi connectivity index (χ0v) is 15.3. The van der Waals surface area contributed by atoms with E-state index in [1.165, 1.54) is 0 Å². The average molecular weight is 363 g/mol. The number of aliphatic hydroxyl groups excluding tert-OH is 1. The van der Waals surface area contributed by atoms with E-state index in [-0.39, 0.29) is 17.2 Å². The Labute approximate surface area is 146 Å². The second-order valence-electron chi connectivity index (χ2n) is 7.72. The van der Waals surface area contributed by atoms with Crippen LogP contribution in [0.4, 0.5) is 0 Å². The molecule has 1 heterocycles. The predicted octanol–water partition coefficient (Wildman–Crippen LogP) is 0.382. The molecule has 0 unspecified atom stereocenters. The molecule has 146 valence electrons. The van der Waals surface area contributed by atoms with Gasteiger partial charge in [0.2, 0.25) is 0 Å². The highest BCUT2D eigenvalue weighted by molar-refractivity contribution is 5.88. The summed E-state index contributed by atoms with van der Waals surface area (Å²) < 4.78 is 0. The molecule has 1 rings (SSSR count). The number of hydrogen-bond acceptors (Lipinski definition) is 6. The van der Waals surface area contributed by atoms with Gasteiger partial charge in [-0.15, -0.1) is 0 Å². The van der Waals surface area contributed by atoms with Gasteiger partial charge in [-0.1, -0.05) is 0 Å². The standard InChI is InChI=1S/C10H21NO.C6H8O7/c1-9(2)6-8(12)7-10(3,4)11(9)5;7-3(8)1-6(13,5(11)12)2-4(9)10/h8,12H,6-7H2,1-5H3;13H,1-2H2,(H,7,8)(H,9,10)(H,11,12). The minimum Gasteiger partial charge on any atom is -0.481 e.